The fraction of sp³-hybridized carbons (Fsp3) is 0.643. The molecule has 2 N–H and O–H groups in total. The van der Waals surface area contributed by atoms with Gasteiger partial charge in [0.1, 0.15) is 0 Å². The summed E-state index contributed by atoms with van der Waals surface area (Å²) in [4.78, 5) is 14.3. The molecule has 0 aliphatic heterocycles. The summed E-state index contributed by atoms with van der Waals surface area (Å²) in [5.74, 6) is 1.03. The second kappa shape index (κ2) is 13.6. The Labute approximate surface area is 306 Å². The van der Waals surface area contributed by atoms with E-state index in [2.05, 4.69) is 6.08 Å². The molecule has 5 saturated carbocycles. The minimum atomic E-state index is -4.62. The third kappa shape index (κ3) is 7.30. The van der Waals surface area contributed by atoms with Crippen molar-refractivity contribution in [3.63, 3.8) is 0 Å². The molecule has 4 unspecified atom stereocenters. The molecule has 10 heteroatoms. The van der Waals surface area contributed by atoms with Gasteiger partial charge in [-0.1, -0.05) is 42.8 Å². The topological polar surface area (TPSA) is 94.9 Å². The molecule has 2 aromatic rings. The average Bonchev–Trinajstić information content (AvgIpc) is 3.30. The number of fused-ring (bicyclic) bond motifs is 8. The highest BCUT2D eigenvalue weighted by atomic mass is 32.2. The van der Waals surface area contributed by atoms with Crippen LogP contribution >= 0.6 is 0 Å². The van der Waals surface area contributed by atoms with E-state index >= 15 is 0 Å². The van der Waals surface area contributed by atoms with Crippen LogP contribution in [0.1, 0.15) is 129 Å². The molecule has 6 bridgehead atoms. The fourth-order valence-electron chi connectivity index (χ4n) is 11.6. The van der Waals surface area contributed by atoms with Crippen molar-refractivity contribution in [3.8, 4) is 0 Å². The zero-order valence-corrected chi connectivity index (χ0v) is 31.5. The quantitative estimate of drug-likeness (QED) is 0.220. The van der Waals surface area contributed by atoms with Crippen LogP contribution in [0.3, 0.4) is 0 Å². The molecule has 52 heavy (non-hydrogen) atoms. The number of ketones is 1. The van der Waals surface area contributed by atoms with E-state index in [1.54, 1.807) is 10.4 Å². The lowest BCUT2D eigenvalue weighted by Crippen LogP contribution is -2.57. The number of rotatable bonds is 7. The Kier molecular flexibility index (Phi) is 9.91. The van der Waals surface area contributed by atoms with Gasteiger partial charge in [0.25, 0.3) is 0 Å². The maximum Gasteiger partial charge on any atom is 0.416 e. The lowest BCUT2D eigenvalue weighted by molar-refractivity contribution is -0.137. The first-order chi connectivity index (χ1) is 24.4. The van der Waals surface area contributed by atoms with Gasteiger partial charge in [0.2, 0.25) is 10.0 Å². The van der Waals surface area contributed by atoms with Crippen LogP contribution in [0.2, 0.25) is 0 Å². The summed E-state index contributed by atoms with van der Waals surface area (Å²) in [5.41, 5.74) is -0.606. The van der Waals surface area contributed by atoms with E-state index in [1.165, 1.54) is 37.7 Å². The van der Waals surface area contributed by atoms with Gasteiger partial charge >= 0.3 is 6.18 Å². The first-order valence-electron chi connectivity index (χ1n) is 19.2. The van der Waals surface area contributed by atoms with Crippen molar-refractivity contribution >= 4 is 15.8 Å². The molecule has 0 aromatic heterocycles. The number of aliphatic hydroxyl groups is 2. The van der Waals surface area contributed by atoms with Gasteiger partial charge in [-0.15, -0.1) is 0 Å². The highest BCUT2D eigenvalue weighted by molar-refractivity contribution is 7.88. The second-order valence-electron chi connectivity index (χ2n) is 17.8. The Morgan fingerprint density at radius 2 is 1.63 bits per heavy atom. The highest BCUT2D eigenvalue weighted by Gasteiger charge is 2.59. The summed E-state index contributed by atoms with van der Waals surface area (Å²) >= 11 is 0. The molecule has 2 aromatic carbocycles. The second-order valence-corrected chi connectivity index (χ2v) is 19.8. The Hall–Kier alpha value is -2.53. The molecule has 6 nitrogen and oxygen atoms in total. The Bertz CT molecular complexity index is 1800. The van der Waals surface area contributed by atoms with E-state index in [4.69, 9.17) is 0 Å². The van der Waals surface area contributed by atoms with Gasteiger partial charge in [-0.2, -0.15) is 17.5 Å². The predicted molar refractivity (Wildman–Crippen MR) is 195 cm³/mol. The van der Waals surface area contributed by atoms with Gasteiger partial charge < -0.3 is 10.2 Å². The minimum absolute atomic E-state index is 0.0372. The molecule has 284 valence electrons. The minimum Gasteiger partial charge on any atom is -0.393 e. The normalized spacial score (nSPS) is 35.0. The maximum absolute atomic E-state index is 14.3. The molecule has 0 amide bonds. The van der Waals surface area contributed by atoms with Crippen LogP contribution < -0.4 is 0 Å². The van der Waals surface area contributed by atoms with Crippen molar-refractivity contribution in [1.29, 1.82) is 0 Å². The number of nitrogens with zero attached hydrogens (tertiary/aromatic N) is 1. The summed E-state index contributed by atoms with van der Waals surface area (Å²) < 4.78 is 70.1. The third-order valence-electron chi connectivity index (χ3n) is 14.0. The van der Waals surface area contributed by atoms with E-state index in [0.29, 0.717) is 74.0 Å². The summed E-state index contributed by atoms with van der Waals surface area (Å²) in [6, 6.07) is 9.92. The van der Waals surface area contributed by atoms with Crippen LogP contribution in [0.4, 0.5) is 13.2 Å². The Balaban J connectivity index is 1.28. The van der Waals surface area contributed by atoms with E-state index in [1.807, 2.05) is 26.0 Å². The summed E-state index contributed by atoms with van der Waals surface area (Å²) in [5, 5.41) is 23.9. The molecule has 0 saturated heterocycles. The zero-order valence-electron chi connectivity index (χ0n) is 30.7. The largest absolute Gasteiger partial charge is 0.416 e. The number of alkyl halides is 3. The Morgan fingerprint density at radius 1 is 0.962 bits per heavy atom. The smallest absolute Gasteiger partial charge is 0.393 e. The fourth-order valence-corrected chi connectivity index (χ4v) is 12.6. The molecular formula is C42H54F3NO5S. The molecule has 7 aliphatic carbocycles. The third-order valence-corrected chi connectivity index (χ3v) is 15.1. The summed E-state index contributed by atoms with van der Waals surface area (Å²) in [6.07, 6.45) is 8.36. The van der Waals surface area contributed by atoms with Crippen LogP contribution in [0.25, 0.3) is 0 Å². The van der Waals surface area contributed by atoms with E-state index in [-0.39, 0.29) is 35.4 Å². The van der Waals surface area contributed by atoms with Crippen molar-refractivity contribution < 1.29 is 36.6 Å². The first kappa shape index (κ1) is 37.8. The van der Waals surface area contributed by atoms with E-state index in [9.17, 15) is 36.6 Å². The number of hydrogen-bond acceptors (Lipinski definition) is 5. The van der Waals surface area contributed by atoms with Gasteiger partial charge in [0, 0.05) is 29.6 Å². The Morgan fingerprint density at radius 3 is 2.27 bits per heavy atom. The lowest BCUT2D eigenvalue weighted by atomic mass is 9.49. The highest BCUT2D eigenvalue weighted by Crippen LogP contribution is 2.62. The number of carbonyl (C=O) groups is 1. The van der Waals surface area contributed by atoms with Crippen LogP contribution in [-0.2, 0) is 22.6 Å². The van der Waals surface area contributed by atoms with E-state index < -0.39 is 44.7 Å². The van der Waals surface area contributed by atoms with Crippen molar-refractivity contribution in [2.75, 3.05) is 19.3 Å². The zero-order chi connectivity index (χ0) is 37.3. The van der Waals surface area contributed by atoms with Crippen molar-refractivity contribution in [2.24, 2.45) is 28.6 Å². The van der Waals surface area contributed by atoms with Crippen LogP contribution in [0.5, 0.6) is 0 Å². The molecule has 9 rings (SSSR count). The lowest BCUT2D eigenvalue weighted by Gasteiger charge is -2.58. The summed E-state index contributed by atoms with van der Waals surface area (Å²) in [6.45, 7) is 4.43. The van der Waals surface area contributed by atoms with Gasteiger partial charge in [-0.05, 0) is 149 Å². The molecule has 0 radical (unpaired) electrons. The predicted octanol–water partition coefficient (Wildman–Crippen LogP) is 8.45. The SMILES string of the molecule is CC1=CCCC2(C)C(CCC2(O)CN(CC23CC4CC(CC(C4)C2)C3)S(C)(=O)=O)c2ccc(cc2C(=O)c2cccc(C(F)(F)F)c2)CC(O)CC1. The molecular weight excluding hydrogens is 688 g/mol. The molecule has 7 aliphatic rings. The first-order valence-corrected chi connectivity index (χ1v) is 21.1. The van der Waals surface area contributed by atoms with Crippen LogP contribution in [0.15, 0.2) is 54.1 Å². The van der Waals surface area contributed by atoms with Gasteiger partial charge in [-0.25, -0.2) is 8.42 Å². The average molecular weight is 742 g/mol. The monoisotopic (exact) mass is 741 g/mol. The van der Waals surface area contributed by atoms with Crippen LogP contribution in [0, 0.1) is 28.6 Å². The number of allylic oxidation sites excluding steroid dienone is 2. The number of benzene rings is 2. The molecule has 4 atom stereocenters. The standard InChI is InChI=1S/C42H54F3NO5S/c1-27-6-5-14-39(2)37(13-15-41(39,49)26-46(52(3,50)51)25-40-22-29-16-30(23-40)18-31(17-29)24-40)35-12-10-28(19-34(47)11-9-27)20-36(35)38(48)32-7-4-8-33(21-32)42(43,44)45/h4,6-8,10,12,20-21,29-31,34,37,47,49H,5,9,11,13-19,22-26H2,1-3H3. The molecule has 5 fully saturated rings. The van der Waals surface area contributed by atoms with Gasteiger partial charge in [-0.3, -0.25) is 4.79 Å². The summed E-state index contributed by atoms with van der Waals surface area (Å²) in [7, 11) is -3.69. The van der Waals surface area contributed by atoms with Crippen molar-refractivity contribution in [3.05, 3.63) is 81.9 Å². The van der Waals surface area contributed by atoms with Gasteiger partial charge in [0.05, 0.1) is 23.5 Å². The molecule has 0 heterocycles. The van der Waals surface area contributed by atoms with Gasteiger partial charge in [0.15, 0.2) is 5.78 Å². The number of carbonyl (C=O) groups excluding carboxylic acids is 1. The number of hydrogen-bond donors (Lipinski definition) is 2. The number of sulfonamides is 1. The van der Waals surface area contributed by atoms with Crippen molar-refractivity contribution in [1.82, 2.24) is 4.31 Å². The maximum atomic E-state index is 14.3. The number of halogens is 3. The van der Waals surface area contributed by atoms with Crippen LogP contribution in [-0.4, -0.2) is 59.8 Å². The van der Waals surface area contributed by atoms with E-state index in [0.717, 1.165) is 37.0 Å². The number of aliphatic hydroxyl groups excluding tert-OH is 1. The van der Waals surface area contributed by atoms with Crippen molar-refractivity contribution in [2.45, 2.75) is 121 Å². The molecule has 0 spiro atoms.